The number of aliphatic hydroxyl groups excluding tert-OH is 1. The highest BCUT2D eigenvalue weighted by Crippen LogP contribution is 2.13. The van der Waals surface area contributed by atoms with Gasteiger partial charge in [0.2, 0.25) is 0 Å². The standard InChI is InChI=1S/C13H25N3O2/c1-10(2)16-8-12(7-15-16)11(3)14-6-5-13(17)9-18-4/h7-8,10-11,13-14,17H,5-6,9H2,1-4H3. The summed E-state index contributed by atoms with van der Waals surface area (Å²) >= 11 is 0. The van der Waals surface area contributed by atoms with Crippen LogP contribution in [0.15, 0.2) is 12.4 Å². The number of nitrogens with one attached hydrogen (secondary N) is 1. The van der Waals surface area contributed by atoms with E-state index in [0.29, 0.717) is 19.1 Å². The molecular weight excluding hydrogens is 230 g/mol. The minimum absolute atomic E-state index is 0.243. The maximum atomic E-state index is 9.53. The minimum Gasteiger partial charge on any atom is -0.391 e. The van der Waals surface area contributed by atoms with Crippen molar-refractivity contribution in [2.75, 3.05) is 20.3 Å². The molecule has 1 aromatic heterocycles. The fourth-order valence-electron chi connectivity index (χ4n) is 1.72. The third kappa shape index (κ3) is 4.76. The summed E-state index contributed by atoms with van der Waals surface area (Å²) < 4.78 is 6.84. The lowest BCUT2D eigenvalue weighted by Crippen LogP contribution is -2.25. The van der Waals surface area contributed by atoms with Gasteiger partial charge in [-0.15, -0.1) is 0 Å². The highest BCUT2D eigenvalue weighted by atomic mass is 16.5. The molecule has 0 bridgehead atoms. The van der Waals surface area contributed by atoms with E-state index in [4.69, 9.17) is 4.74 Å². The van der Waals surface area contributed by atoms with Crippen LogP contribution in [0.2, 0.25) is 0 Å². The van der Waals surface area contributed by atoms with Crippen LogP contribution in [-0.2, 0) is 4.74 Å². The molecule has 2 N–H and O–H groups in total. The van der Waals surface area contributed by atoms with Gasteiger partial charge in [0.25, 0.3) is 0 Å². The number of hydrogen-bond donors (Lipinski definition) is 2. The fraction of sp³-hybridized carbons (Fsp3) is 0.769. The third-order valence-electron chi connectivity index (χ3n) is 2.94. The summed E-state index contributed by atoms with van der Waals surface area (Å²) in [4.78, 5) is 0. The van der Waals surface area contributed by atoms with Crippen molar-refractivity contribution >= 4 is 0 Å². The van der Waals surface area contributed by atoms with Crippen molar-refractivity contribution < 1.29 is 9.84 Å². The predicted molar refractivity (Wildman–Crippen MR) is 71.5 cm³/mol. The van der Waals surface area contributed by atoms with Crippen molar-refractivity contribution in [2.45, 2.75) is 45.4 Å². The van der Waals surface area contributed by atoms with E-state index in [9.17, 15) is 5.11 Å². The van der Waals surface area contributed by atoms with Gasteiger partial charge in [-0.25, -0.2) is 0 Å². The van der Waals surface area contributed by atoms with E-state index >= 15 is 0 Å². The Morgan fingerprint density at radius 1 is 1.44 bits per heavy atom. The van der Waals surface area contributed by atoms with Crippen molar-refractivity contribution in [3.05, 3.63) is 18.0 Å². The van der Waals surface area contributed by atoms with Gasteiger partial charge < -0.3 is 15.2 Å². The first-order valence-electron chi connectivity index (χ1n) is 6.49. The van der Waals surface area contributed by atoms with Crippen molar-refractivity contribution in [1.29, 1.82) is 0 Å². The van der Waals surface area contributed by atoms with Gasteiger partial charge >= 0.3 is 0 Å². The molecule has 2 atom stereocenters. The van der Waals surface area contributed by atoms with E-state index in [2.05, 4.69) is 37.4 Å². The Labute approximate surface area is 109 Å². The second-order valence-electron chi connectivity index (χ2n) is 4.92. The van der Waals surface area contributed by atoms with Crippen molar-refractivity contribution in [2.24, 2.45) is 0 Å². The molecule has 0 aliphatic heterocycles. The average molecular weight is 255 g/mol. The van der Waals surface area contributed by atoms with Crippen LogP contribution in [0, 0.1) is 0 Å². The quantitative estimate of drug-likeness (QED) is 0.739. The Hall–Kier alpha value is -0.910. The number of nitrogens with zero attached hydrogens (tertiary/aromatic N) is 2. The number of aromatic nitrogens is 2. The molecule has 0 saturated heterocycles. The van der Waals surface area contributed by atoms with E-state index in [0.717, 1.165) is 6.54 Å². The van der Waals surface area contributed by atoms with Crippen LogP contribution < -0.4 is 5.32 Å². The Morgan fingerprint density at radius 2 is 2.17 bits per heavy atom. The van der Waals surface area contributed by atoms with E-state index in [1.54, 1.807) is 7.11 Å². The van der Waals surface area contributed by atoms with E-state index < -0.39 is 6.10 Å². The molecule has 0 amide bonds. The molecule has 0 spiro atoms. The molecule has 0 aliphatic rings. The van der Waals surface area contributed by atoms with Crippen LogP contribution >= 0.6 is 0 Å². The Bertz CT molecular complexity index is 339. The maximum Gasteiger partial charge on any atom is 0.0785 e. The molecule has 0 radical (unpaired) electrons. The van der Waals surface area contributed by atoms with Crippen molar-refractivity contribution in [1.82, 2.24) is 15.1 Å². The van der Waals surface area contributed by atoms with Gasteiger partial charge in [0.1, 0.15) is 0 Å². The first-order chi connectivity index (χ1) is 8.54. The van der Waals surface area contributed by atoms with E-state index in [1.165, 1.54) is 5.56 Å². The maximum absolute atomic E-state index is 9.53. The SMILES string of the molecule is COCC(O)CCNC(C)c1cnn(C(C)C)c1. The summed E-state index contributed by atoms with van der Waals surface area (Å²) in [5.41, 5.74) is 1.17. The first-order valence-corrected chi connectivity index (χ1v) is 6.49. The van der Waals surface area contributed by atoms with Gasteiger partial charge in [-0.3, -0.25) is 4.68 Å². The minimum atomic E-state index is -0.395. The molecule has 1 heterocycles. The molecule has 5 heteroatoms. The number of aliphatic hydroxyl groups is 1. The summed E-state index contributed by atoms with van der Waals surface area (Å²) in [6.45, 7) is 7.47. The van der Waals surface area contributed by atoms with Crippen LogP contribution in [0.25, 0.3) is 0 Å². The first kappa shape index (κ1) is 15.1. The van der Waals surface area contributed by atoms with E-state index in [-0.39, 0.29) is 6.04 Å². The average Bonchev–Trinajstić information content (AvgIpc) is 2.78. The molecule has 0 aliphatic carbocycles. The van der Waals surface area contributed by atoms with Gasteiger partial charge in [0, 0.05) is 31.0 Å². The van der Waals surface area contributed by atoms with Gasteiger partial charge in [-0.2, -0.15) is 5.10 Å². The summed E-state index contributed by atoms with van der Waals surface area (Å²) in [7, 11) is 1.60. The summed E-state index contributed by atoms with van der Waals surface area (Å²) in [5, 5.41) is 17.2. The van der Waals surface area contributed by atoms with Crippen LogP contribution in [0.5, 0.6) is 0 Å². The lowest BCUT2D eigenvalue weighted by atomic mass is 10.2. The molecule has 5 nitrogen and oxygen atoms in total. The predicted octanol–water partition coefficient (Wildman–Crippen LogP) is 1.51. The zero-order valence-corrected chi connectivity index (χ0v) is 11.8. The number of rotatable bonds is 8. The normalized spacial score (nSPS) is 15.0. The molecule has 0 aromatic carbocycles. The second-order valence-corrected chi connectivity index (χ2v) is 4.92. The van der Waals surface area contributed by atoms with Crippen LogP contribution in [0.1, 0.15) is 44.8 Å². The highest BCUT2D eigenvalue weighted by molar-refractivity contribution is 5.09. The van der Waals surface area contributed by atoms with Crippen LogP contribution in [-0.4, -0.2) is 41.3 Å². The van der Waals surface area contributed by atoms with Crippen molar-refractivity contribution in [3.63, 3.8) is 0 Å². The Morgan fingerprint density at radius 3 is 2.72 bits per heavy atom. The number of methoxy groups -OCH3 is 1. The lowest BCUT2D eigenvalue weighted by molar-refractivity contribution is 0.0590. The van der Waals surface area contributed by atoms with Crippen LogP contribution in [0.4, 0.5) is 0 Å². The van der Waals surface area contributed by atoms with Gasteiger partial charge in [0.05, 0.1) is 18.9 Å². The zero-order chi connectivity index (χ0) is 13.5. The molecule has 104 valence electrons. The van der Waals surface area contributed by atoms with Gasteiger partial charge in [-0.05, 0) is 33.7 Å². The molecule has 18 heavy (non-hydrogen) atoms. The summed E-state index contributed by atoms with van der Waals surface area (Å²) in [6, 6.07) is 0.627. The third-order valence-corrected chi connectivity index (χ3v) is 2.94. The molecule has 2 unspecified atom stereocenters. The molecule has 0 saturated carbocycles. The summed E-state index contributed by atoms with van der Waals surface area (Å²) in [6.07, 6.45) is 4.25. The largest absolute Gasteiger partial charge is 0.391 e. The highest BCUT2D eigenvalue weighted by Gasteiger charge is 2.10. The number of hydrogen-bond acceptors (Lipinski definition) is 4. The molecule has 0 fully saturated rings. The Balaban J connectivity index is 2.33. The zero-order valence-electron chi connectivity index (χ0n) is 11.8. The molecule has 1 rings (SSSR count). The smallest absolute Gasteiger partial charge is 0.0785 e. The van der Waals surface area contributed by atoms with Crippen LogP contribution in [0.3, 0.4) is 0 Å². The van der Waals surface area contributed by atoms with Gasteiger partial charge in [-0.1, -0.05) is 0 Å². The monoisotopic (exact) mass is 255 g/mol. The molecule has 1 aromatic rings. The fourth-order valence-corrected chi connectivity index (χ4v) is 1.72. The Kier molecular flexibility index (Phi) is 6.32. The van der Waals surface area contributed by atoms with Crippen molar-refractivity contribution in [3.8, 4) is 0 Å². The van der Waals surface area contributed by atoms with E-state index in [1.807, 2.05) is 10.9 Å². The lowest BCUT2D eigenvalue weighted by Gasteiger charge is -2.14. The second kappa shape index (κ2) is 7.51. The molecular formula is C13H25N3O2. The topological polar surface area (TPSA) is 59.3 Å². The summed E-state index contributed by atoms with van der Waals surface area (Å²) in [5.74, 6) is 0. The van der Waals surface area contributed by atoms with Gasteiger partial charge in [0.15, 0.2) is 0 Å². The number of ether oxygens (including phenoxy) is 1.